The molecule has 10 aromatic carbocycles. The SMILES string of the molecule is CC(C)(C)CN=Nc1c(N)c(-c2ccc(N(c3ccccc3)c3ccccc3)cc2)c2nn(CCCCCn3nc4c(-c5ccc(C(C)(C)C)cc5)ccc(-c5ccc(C(C)(C)C)cc5)c4n3)nc2c1-c1ccc(N(c2ccccc2)c2ccccc2)cc1. The normalized spacial score (nSPS) is 12.1. The van der Waals surface area contributed by atoms with Gasteiger partial charge in [-0.3, -0.25) is 0 Å². The Balaban J connectivity index is 0.902. The lowest BCUT2D eigenvalue weighted by Gasteiger charge is -2.26. The van der Waals surface area contributed by atoms with Crippen molar-refractivity contribution in [3.63, 3.8) is 0 Å². The van der Waals surface area contributed by atoms with Crippen LogP contribution in [-0.4, -0.2) is 36.5 Å². The summed E-state index contributed by atoms with van der Waals surface area (Å²) < 4.78 is 0. The fourth-order valence-corrected chi connectivity index (χ4v) is 11.6. The first kappa shape index (κ1) is 59.3. The fraction of sp³-hybridized carbons (Fsp3) is 0.231. The smallest absolute Gasteiger partial charge is 0.124 e. The Morgan fingerprint density at radius 1 is 0.360 bits per heavy atom. The Labute approximate surface area is 524 Å². The maximum absolute atomic E-state index is 7.58. The lowest BCUT2D eigenvalue weighted by atomic mass is 9.85. The van der Waals surface area contributed by atoms with Crippen molar-refractivity contribution >= 4 is 67.6 Å². The van der Waals surface area contributed by atoms with E-state index < -0.39 is 0 Å². The van der Waals surface area contributed by atoms with E-state index in [4.69, 9.17) is 36.4 Å². The quantitative estimate of drug-likeness (QED) is 0.0516. The van der Waals surface area contributed by atoms with Crippen LogP contribution in [0.3, 0.4) is 0 Å². The number of aromatic nitrogens is 6. The Hall–Kier alpha value is -10.0. The molecule has 12 aromatic rings. The van der Waals surface area contributed by atoms with Gasteiger partial charge in [-0.1, -0.05) is 220 Å². The summed E-state index contributed by atoms with van der Waals surface area (Å²) >= 11 is 0. The number of aryl methyl sites for hydroxylation is 2. The highest BCUT2D eigenvalue weighted by atomic mass is 15.5. The minimum atomic E-state index is -0.113. The van der Waals surface area contributed by atoms with Gasteiger partial charge < -0.3 is 15.5 Å². The van der Waals surface area contributed by atoms with E-state index in [2.05, 4.69) is 278 Å². The molecule has 2 N–H and O–H groups in total. The molecule has 0 saturated carbocycles. The summed E-state index contributed by atoms with van der Waals surface area (Å²) in [6, 6.07) is 81.2. The molecule has 11 heteroatoms. The van der Waals surface area contributed by atoms with Crippen molar-refractivity contribution in [1.82, 2.24) is 30.0 Å². The monoisotopic (exact) mass is 1170 g/mol. The van der Waals surface area contributed by atoms with E-state index in [1.165, 1.54) is 11.1 Å². The van der Waals surface area contributed by atoms with Gasteiger partial charge in [0.15, 0.2) is 0 Å². The first-order chi connectivity index (χ1) is 42.9. The molecule has 2 aromatic heterocycles. The molecule has 0 bridgehead atoms. The van der Waals surface area contributed by atoms with Gasteiger partial charge in [-0.05, 0) is 142 Å². The van der Waals surface area contributed by atoms with Crippen molar-refractivity contribution in [2.45, 2.75) is 105 Å². The van der Waals surface area contributed by atoms with E-state index in [1.807, 2.05) is 33.9 Å². The van der Waals surface area contributed by atoms with Crippen molar-refractivity contribution in [3.05, 3.63) is 242 Å². The summed E-state index contributed by atoms with van der Waals surface area (Å²) in [5.74, 6) is 0. The van der Waals surface area contributed by atoms with Crippen LogP contribution < -0.4 is 15.5 Å². The maximum Gasteiger partial charge on any atom is 0.124 e. The number of nitrogen functional groups attached to an aromatic ring is 1. The van der Waals surface area contributed by atoms with E-state index in [-0.39, 0.29) is 16.2 Å². The molecule has 0 aliphatic rings. The van der Waals surface area contributed by atoms with Crippen LogP contribution in [0.5, 0.6) is 0 Å². The molecule has 12 rings (SSSR count). The van der Waals surface area contributed by atoms with E-state index in [0.29, 0.717) is 42.0 Å². The zero-order chi connectivity index (χ0) is 61.9. The second kappa shape index (κ2) is 25.0. The molecule has 0 aliphatic heterocycles. The van der Waals surface area contributed by atoms with E-state index in [0.717, 1.165) is 109 Å². The number of azo groups is 1. The maximum atomic E-state index is 7.58. The second-order valence-electron chi connectivity index (χ2n) is 26.4. The molecule has 0 amide bonds. The first-order valence-corrected chi connectivity index (χ1v) is 31.1. The van der Waals surface area contributed by atoms with Crippen LogP contribution in [0.1, 0.15) is 92.7 Å². The van der Waals surface area contributed by atoms with Crippen LogP contribution in [0.15, 0.2) is 241 Å². The third kappa shape index (κ3) is 13.0. The van der Waals surface area contributed by atoms with E-state index in [9.17, 15) is 0 Å². The average molecular weight is 1170 g/mol. The summed E-state index contributed by atoms with van der Waals surface area (Å²) in [4.78, 5) is 8.27. The largest absolute Gasteiger partial charge is 0.396 e. The number of benzene rings is 10. The van der Waals surface area contributed by atoms with E-state index >= 15 is 0 Å². The van der Waals surface area contributed by atoms with Gasteiger partial charge in [-0.2, -0.15) is 40.2 Å². The molecule has 0 spiro atoms. The summed E-state index contributed by atoms with van der Waals surface area (Å²) in [5.41, 5.74) is 28.4. The molecule has 0 atom stereocenters. The van der Waals surface area contributed by atoms with Crippen LogP contribution in [0.25, 0.3) is 66.6 Å². The molecule has 0 fully saturated rings. The summed E-state index contributed by atoms with van der Waals surface area (Å²) in [7, 11) is 0. The molecule has 0 saturated heterocycles. The minimum Gasteiger partial charge on any atom is -0.396 e. The number of hydrogen-bond acceptors (Lipinski definition) is 9. The van der Waals surface area contributed by atoms with Crippen molar-refractivity contribution in [3.8, 4) is 44.5 Å². The van der Waals surface area contributed by atoms with Crippen molar-refractivity contribution in [2.75, 3.05) is 22.1 Å². The van der Waals surface area contributed by atoms with Crippen LogP contribution >= 0.6 is 0 Å². The second-order valence-corrected chi connectivity index (χ2v) is 26.4. The zero-order valence-corrected chi connectivity index (χ0v) is 52.7. The molecule has 0 unspecified atom stereocenters. The zero-order valence-electron chi connectivity index (χ0n) is 52.7. The van der Waals surface area contributed by atoms with Gasteiger partial charge in [0.2, 0.25) is 0 Å². The highest BCUT2D eigenvalue weighted by molar-refractivity contribution is 6.12. The van der Waals surface area contributed by atoms with Crippen LogP contribution in [0, 0.1) is 5.41 Å². The summed E-state index contributed by atoms with van der Waals surface area (Å²) in [6.45, 7) is 21.7. The molecule has 0 radical (unpaired) electrons. The number of unbranched alkanes of at least 4 members (excludes halogenated alkanes) is 2. The van der Waals surface area contributed by atoms with Gasteiger partial charge in [0.05, 0.1) is 25.3 Å². The molecular weight excluding hydrogens is 1090 g/mol. The number of hydrogen-bond donors (Lipinski definition) is 1. The van der Waals surface area contributed by atoms with Crippen LogP contribution in [0.2, 0.25) is 0 Å². The Morgan fingerprint density at radius 2 is 0.685 bits per heavy atom. The standard InChI is InChI=1S/C78H79N11/c1-76(2,3)53-80-81-73-69(57-39-47-65(48-40-57)89(62-29-19-12-20-30-62)63-31-21-13-22-32-63)75-74(68(70(73)79)56-37-45-64(46-38-56)88(60-25-15-10-16-26-60)61-27-17-11-18-28-61)84-87(85-75)52-24-14-23-51-86-82-71-66(54-33-41-58(42-34-54)77(4,5)6)49-50-67(72(71)83-86)55-35-43-59(44-36-55)78(7,8)9/h10-13,15-22,25-50H,14,23-24,51-53,79H2,1-9H3. The molecular formula is C78H79N11. The highest BCUT2D eigenvalue weighted by Crippen LogP contribution is 2.49. The molecule has 11 nitrogen and oxygen atoms in total. The third-order valence-electron chi connectivity index (χ3n) is 16.4. The van der Waals surface area contributed by atoms with Gasteiger partial charge in [0, 0.05) is 56.4 Å². The van der Waals surface area contributed by atoms with Gasteiger partial charge in [-0.25, -0.2) is 0 Å². The number of nitrogens with two attached hydrogens (primary N) is 1. The van der Waals surface area contributed by atoms with Crippen molar-refractivity contribution < 1.29 is 0 Å². The molecule has 2 heterocycles. The fourth-order valence-electron chi connectivity index (χ4n) is 11.6. The summed E-state index contributed by atoms with van der Waals surface area (Å²) in [5, 5.41) is 31.2. The van der Waals surface area contributed by atoms with Crippen LogP contribution in [0.4, 0.5) is 45.5 Å². The number of nitrogens with zero attached hydrogens (tertiary/aromatic N) is 10. The van der Waals surface area contributed by atoms with Gasteiger partial charge in [0.1, 0.15) is 27.8 Å². The van der Waals surface area contributed by atoms with Crippen LogP contribution in [-0.2, 0) is 23.9 Å². The van der Waals surface area contributed by atoms with E-state index in [1.54, 1.807) is 0 Å². The first-order valence-electron chi connectivity index (χ1n) is 31.1. The predicted octanol–water partition coefficient (Wildman–Crippen LogP) is 21.0. The summed E-state index contributed by atoms with van der Waals surface area (Å²) in [6.07, 6.45) is 2.58. The lowest BCUT2D eigenvalue weighted by molar-refractivity contribution is 0.422. The average Bonchev–Trinajstić information content (AvgIpc) is 1.82. The van der Waals surface area contributed by atoms with Crippen molar-refractivity contribution in [2.24, 2.45) is 15.6 Å². The van der Waals surface area contributed by atoms with Gasteiger partial charge in [0.25, 0.3) is 0 Å². The molecule has 446 valence electrons. The third-order valence-corrected chi connectivity index (χ3v) is 16.4. The Kier molecular flexibility index (Phi) is 16.7. The van der Waals surface area contributed by atoms with Gasteiger partial charge >= 0.3 is 0 Å². The molecule has 0 aliphatic carbocycles. The number of fused-ring (bicyclic) bond motifs is 2. The Bertz CT molecular complexity index is 4210. The Morgan fingerprint density at radius 3 is 1.04 bits per heavy atom. The van der Waals surface area contributed by atoms with Gasteiger partial charge in [-0.15, -0.1) is 0 Å². The molecule has 89 heavy (non-hydrogen) atoms. The number of anilines is 7. The minimum absolute atomic E-state index is 0.0497. The lowest BCUT2D eigenvalue weighted by Crippen LogP contribution is -2.10. The number of rotatable bonds is 18. The van der Waals surface area contributed by atoms with Crippen molar-refractivity contribution in [1.29, 1.82) is 0 Å². The predicted molar refractivity (Wildman–Crippen MR) is 371 cm³/mol. The number of para-hydroxylation sites is 4. The highest BCUT2D eigenvalue weighted by Gasteiger charge is 2.27. The topological polar surface area (TPSA) is 119 Å².